The highest BCUT2D eigenvalue weighted by Gasteiger charge is 2.32. The second kappa shape index (κ2) is 6.48. The van der Waals surface area contributed by atoms with Crippen LogP contribution in [0.4, 0.5) is 8.78 Å². The maximum Gasteiger partial charge on any atom is 0.260 e. The molecule has 1 atom stereocenters. The van der Waals surface area contributed by atoms with E-state index in [-0.39, 0.29) is 6.04 Å². The van der Waals surface area contributed by atoms with Crippen molar-refractivity contribution in [2.75, 3.05) is 6.54 Å². The van der Waals surface area contributed by atoms with Crippen LogP contribution in [0.15, 0.2) is 28.8 Å². The Labute approximate surface area is 133 Å². The Morgan fingerprint density at radius 1 is 1.26 bits per heavy atom. The molecule has 0 unspecified atom stereocenters. The quantitative estimate of drug-likeness (QED) is 0.839. The second-order valence-corrected chi connectivity index (χ2v) is 5.83. The predicted molar refractivity (Wildman–Crippen MR) is 79.8 cm³/mol. The summed E-state index contributed by atoms with van der Waals surface area (Å²) < 4.78 is 33.2. The molecule has 0 radical (unpaired) electrons. The lowest BCUT2D eigenvalue weighted by Gasteiger charge is -2.28. The van der Waals surface area contributed by atoms with Gasteiger partial charge >= 0.3 is 0 Å². The molecule has 1 aliphatic heterocycles. The molecule has 0 spiro atoms. The van der Waals surface area contributed by atoms with Crippen molar-refractivity contribution in [2.24, 2.45) is 0 Å². The first-order chi connectivity index (χ1) is 11.1. The molecule has 122 valence electrons. The molecule has 3 rings (SSSR count). The van der Waals surface area contributed by atoms with Crippen molar-refractivity contribution in [1.82, 2.24) is 10.1 Å². The Morgan fingerprint density at radius 2 is 2.00 bits per heavy atom. The van der Waals surface area contributed by atoms with Crippen LogP contribution in [0.25, 0.3) is 0 Å². The minimum Gasteiger partial charge on any atom is -0.359 e. The molecule has 0 aliphatic carbocycles. The normalized spacial score (nSPS) is 18.7. The fraction of sp³-hybridized carbons (Fsp3) is 0.412. The summed E-state index contributed by atoms with van der Waals surface area (Å²) in [5, 5.41) is 3.86. The number of hydrogen-bond acceptors (Lipinski definition) is 3. The van der Waals surface area contributed by atoms with Crippen molar-refractivity contribution in [3.63, 3.8) is 0 Å². The van der Waals surface area contributed by atoms with Gasteiger partial charge < -0.3 is 9.42 Å². The molecular weight excluding hydrogens is 302 g/mol. The summed E-state index contributed by atoms with van der Waals surface area (Å²) in [5.41, 5.74) is 0.212. The van der Waals surface area contributed by atoms with Crippen LogP contribution in [-0.2, 0) is 0 Å². The van der Waals surface area contributed by atoms with Crippen LogP contribution in [0.2, 0.25) is 0 Å². The third kappa shape index (κ3) is 3.11. The third-order valence-corrected chi connectivity index (χ3v) is 4.16. The maximum absolute atomic E-state index is 14.0. The molecule has 2 aromatic rings. The van der Waals surface area contributed by atoms with E-state index in [9.17, 15) is 13.6 Å². The first-order valence-corrected chi connectivity index (χ1v) is 7.76. The molecule has 1 fully saturated rings. The Hall–Kier alpha value is -2.24. The number of nitrogens with zero attached hydrogens (tertiary/aromatic N) is 2. The molecule has 1 aliphatic rings. The van der Waals surface area contributed by atoms with Crippen molar-refractivity contribution >= 4 is 5.91 Å². The van der Waals surface area contributed by atoms with Crippen LogP contribution in [0.3, 0.4) is 0 Å². The number of rotatable bonds is 2. The second-order valence-electron chi connectivity index (χ2n) is 5.83. The van der Waals surface area contributed by atoms with Gasteiger partial charge in [0, 0.05) is 12.6 Å². The van der Waals surface area contributed by atoms with E-state index < -0.39 is 23.1 Å². The fourth-order valence-electron chi connectivity index (χ4n) is 3.03. The van der Waals surface area contributed by atoms with Gasteiger partial charge in [-0.05, 0) is 31.9 Å². The van der Waals surface area contributed by atoms with E-state index in [1.165, 1.54) is 11.0 Å². The van der Waals surface area contributed by atoms with Crippen molar-refractivity contribution in [3.8, 4) is 0 Å². The summed E-state index contributed by atoms with van der Waals surface area (Å²) in [5.74, 6) is -1.76. The van der Waals surface area contributed by atoms with Crippen LogP contribution >= 0.6 is 0 Å². The number of amides is 1. The van der Waals surface area contributed by atoms with Gasteiger partial charge in [0.2, 0.25) is 0 Å². The topological polar surface area (TPSA) is 46.3 Å². The molecule has 0 saturated carbocycles. The zero-order chi connectivity index (χ0) is 16.4. The zero-order valence-electron chi connectivity index (χ0n) is 12.9. The van der Waals surface area contributed by atoms with E-state index in [2.05, 4.69) is 5.16 Å². The summed E-state index contributed by atoms with van der Waals surface area (Å²) in [6.07, 6.45) is 3.38. The van der Waals surface area contributed by atoms with Crippen LogP contribution in [0, 0.1) is 18.6 Å². The van der Waals surface area contributed by atoms with Gasteiger partial charge in [0.25, 0.3) is 5.91 Å². The predicted octanol–water partition coefficient (Wildman–Crippen LogP) is 4.02. The summed E-state index contributed by atoms with van der Waals surface area (Å²) in [4.78, 5) is 14.3. The molecule has 2 heterocycles. The van der Waals surface area contributed by atoms with Crippen LogP contribution < -0.4 is 0 Å². The average molecular weight is 320 g/mol. The average Bonchev–Trinajstić information content (AvgIpc) is 2.80. The Kier molecular flexibility index (Phi) is 4.41. The molecule has 4 nitrogen and oxygen atoms in total. The highest BCUT2D eigenvalue weighted by Crippen LogP contribution is 2.32. The van der Waals surface area contributed by atoms with Gasteiger partial charge in [0.15, 0.2) is 5.76 Å². The fourth-order valence-corrected chi connectivity index (χ4v) is 3.03. The minimum atomic E-state index is -0.841. The Balaban J connectivity index is 1.98. The molecule has 0 N–H and O–H groups in total. The Bertz CT molecular complexity index is 694. The van der Waals surface area contributed by atoms with Crippen LogP contribution in [0.5, 0.6) is 0 Å². The smallest absolute Gasteiger partial charge is 0.260 e. The lowest BCUT2D eigenvalue weighted by molar-refractivity contribution is 0.0641. The van der Waals surface area contributed by atoms with Crippen molar-refractivity contribution < 1.29 is 18.1 Å². The highest BCUT2D eigenvalue weighted by molar-refractivity contribution is 5.95. The minimum absolute atomic E-state index is 0.342. The first kappa shape index (κ1) is 15.6. The zero-order valence-corrected chi connectivity index (χ0v) is 12.9. The molecule has 0 bridgehead atoms. The third-order valence-electron chi connectivity index (χ3n) is 4.16. The van der Waals surface area contributed by atoms with Gasteiger partial charge in [-0.25, -0.2) is 8.78 Å². The summed E-state index contributed by atoms with van der Waals surface area (Å²) >= 11 is 0. The van der Waals surface area contributed by atoms with Gasteiger partial charge in [0.1, 0.15) is 17.2 Å². The largest absolute Gasteiger partial charge is 0.359 e. The van der Waals surface area contributed by atoms with E-state index in [0.29, 0.717) is 24.4 Å². The lowest BCUT2D eigenvalue weighted by Crippen LogP contribution is -2.35. The van der Waals surface area contributed by atoms with Gasteiger partial charge in [-0.3, -0.25) is 4.79 Å². The van der Waals surface area contributed by atoms with Crippen molar-refractivity contribution in [1.29, 1.82) is 0 Å². The number of carbonyl (C=O) groups excluding carboxylic acids is 1. The number of aryl methyl sites for hydroxylation is 1. The monoisotopic (exact) mass is 320 g/mol. The summed E-state index contributed by atoms with van der Waals surface area (Å²) in [6, 6.07) is 4.88. The lowest BCUT2D eigenvalue weighted by atomic mass is 10.1. The molecule has 23 heavy (non-hydrogen) atoms. The number of hydrogen-bond donors (Lipinski definition) is 0. The van der Waals surface area contributed by atoms with Gasteiger partial charge in [-0.15, -0.1) is 0 Å². The number of likely N-dealkylation sites (tertiary alicyclic amines) is 1. The van der Waals surface area contributed by atoms with E-state index in [0.717, 1.165) is 31.4 Å². The van der Waals surface area contributed by atoms with Crippen LogP contribution in [0.1, 0.15) is 53.5 Å². The molecule has 1 saturated heterocycles. The van der Waals surface area contributed by atoms with Gasteiger partial charge in [0.05, 0.1) is 11.7 Å². The number of carbonyl (C=O) groups is 1. The standard InChI is InChI=1S/C17H18F2N2O2/c1-11-10-15(23-20-11)14-8-3-2-4-9-21(14)17(22)16-12(18)6-5-7-13(16)19/h5-7,10,14H,2-4,8-9H2,1H3/t14-/m1/s1. The Morgan fingerprint density at radius 3 is 2.65 bits per heavy atom. The molecule has 1 amide bonds. The molecular formula is C17H18F2N2O2. The first-order valence-electron chi connectivity index (χ1n) is 7.76. The van der Waals surface area contributed by atoms with E-state index in [1.807, 2.05) is 0 Å². The number of aromatic nitrogens is 1. The van der Waals surface area contributed by atoms with E-state index in [1.54, 1.807) is 13.0 Å². The molecule has 1 aromatic heterocycles. The SMILES string of the molecule is Cc1cc([C@H]2CCCCCN2C(=O)c2c(F)cccc2F)on1. The van der Waals surface area contributed by atoms with E-state index >= 15 is 0 Å². The highest BCUT2D eigenvalue weighted by atomic mass is 19.1. The van der Waals surface area contributed by atoms with E-state index in [4.69, 9.17) is 4.52 Å². The van der Waals surface area contributed by atoms with Crippen molar-refractivity contribution in [2.45, 2.75) is 38.6 Å². The molecule has 1 aromatic carbocycles. The number of benzene rings is 1. The number of halogens is 2. The van der Waals surface area contributed by atoms with Crippen LogP contribution in [-0.4, -0.2) is 22.5 Å². The summed E-state index contributed by atoms with van der Waals surface area (Å²) in [6.45, 7) is 2.24. The van der Waals surface area contributed by atoms with Crippen molar-refractivity contribution in [3.05, 3.63) is 52.9 Å². The van der Waals surface area contributed by atoms with Gasteiger partial charge in [-0.1, -0.05) is 24.1 Å². The summed E-state index contributed by atoms with van der Waals surface area (Å²) in [7, 11) is 0. The van der Waals surface area contributed by atoms with Gasteiger partial charge in [-0.2, -0.15) is 0 Å². The molecule has 6 heteroatoms. The maximum atomic E-state index is 14.0.